The number of amides is 1. The molecule has 0 unspecified atom stereocenters. The molecule has 17 heavy (non-hydrogen) atoms. The van der Waals surface area contributed by atoms with E-state index >= 15 is 0 Å². The largest absolute Gasteiger partial charge is 0.382 e. The van der Waals surface area contributed by atoms with E-state index in [2.05, 4.69) is 10.2 Å². The van der Waals surface area contributed by atoms with Gasteiger partial charge in [-0.15, -0.1) is 10.2 Å². The van der Waals surface area contributed by atoms with Crippen LogP contribution in [-0.2, 0) is 0 Å². The van der Waals surface area contributed by atoms with Gasteiger partial charge in [0, 0.05) is 12.6 Å². The average Bonchev–Trinajstić information content (AvgIpc) is 2.84. The van der Waals surface area contributed by atoms with Gasteiger partial charge < -0.3 is 10.6 Å². The molecule has 92 valence electrons. The Morgan fingerprint density at radius 1 is 1.41 bits per heavy atom. The van der Waals surface area contributed by atoms with Crippen LogP contribution < -0.4 is 5.73 Å². The van der Waals surface area contributed by atoms with E-state index in [1.807, 2.05) is 11.8 Å². The molecule has 0 aromatic carbocycles. The van der Waals surface area contributed by atoms with E-state index in [0.29, 0.717) is 17.6 Å². The van der Waals surface area contributed by atoms with Crippen LogP contribution in [0.15, 0.2) is 12.1 Å². The third kappa shape index (κ3) is 2.54. The molecule has 0 saturated heterocycles. The van der Waals surface area contributed by atoms with Gasteiger partial charge in [-0.3, -0.25) is 4.79 Å². The van der Waals surface area contributed by atoms with Gasteiger partial charge in [0.2, 0.25) is 0 Å². The predicted molar refractivity (Wildman–Crippen MR) is 65.4 cm³/mol. The molecule has 0 radical (unpaired) electrons. The summed E-state index contributed by atoms with van der Waals surface area (Å²) in [5.74, 6) is 0.303. The molecular weight excluding hydrogens is 216 g/mol. The van der Waals surface area contributed by atoms with Crippen molar-refractivity contribution in [1.29, 1.82) is 0 Å². The lowest BCUT2D eigenvalue weighted by Crippen LogP contribution is -2.39. The first kappa shape index (κ1) is 11.8. The van der Waals surface area contributed by atoms with Crippen LogP contribution in [0.25, 0.3) is 0 Å². The van der Waals surface area contributed by atoms with Crippen LogP contribution in [0.1, 0.15) is 43.1 Å². The normalized spacial score (nSPS) is 16.1. The van der Waals surface area contributed by atoms with Gasteiger partial charge in [0.05, 0.1) is 0 Å². The topological polar surface area (TPSA) is 72.1 Å². The highest BCUT2D eigenvalue weighted by molar-refractivity contribution is 5.92. The minimum atomic E-state index is -0.0353. The van der Waals surface area contributed by atoms with E-state index in [-0.39, 0.29) is 5.91 Å². The Morgan fingerprint density at radius 2 is 2.12 bits per heavy atom. The number of aromatic nitrogens is 2. The molecule has 1 heterocycles. The maximum Gasteiger partial charge on any atom is 0.274 e. The Labute approximate surface area is 101 Å². The standard InChI is InChI=1S/C12H18N4O/c1-2-16(9-5-3-4-6-9)12(17)10-7-8-11(13)15-14-10/h7-9H,2-6H2,1H3,(H2,13,15). The highest BCUT2D eigenvalue weighted by Gasteiger charge is 2.26. The zero-order valence-electron chi connectivity index (χ0n) is 10.1. The third-order valence-electron chi connectivity index (χ3n) is 3.27. The lowest BCUT2D eigenvalue weighted by molar-refractivity contribution is 0.0686. The molecule has 5 heteroatoms. The molecule has 1 amide bonds. The van der Waals surface area contributed by atoms with Crippen LogP contribution >= 0.6 is 0 Å². The van der Waals surface area contributed by atoms with Crippen molar-refractivity contribution in [3.8, 4) is 0 Å². The van der Waals surface area contributed by atoms with E-state index in [1.165, 1.54) is 12.8 Å². The molecule has 1 saturated carbocycles. The smallest absolute Gasteiger partial charge is 0.274 e. The summed E-state index contributed by atoms with van der Waals surface area (Å²) in [5, 5.41) is 7.58. The highest BCUT2D eigenvalue weighted by Crippen LogP contribution is 2.24. The Kier molecular flexibility index (Phi) is 3.56. The van der Waals surface area contributed by atoms with Crippen molar-refractivity contribution < 1.29 is 4.79 Å². The molecule has 1 aliphatic carbocycles. The van der Waals surface area contributed by atoms with Gasteiger partial charge in [0.1, 0.15) is 5.82 Å². The number of nitrogens with two attached hydrogens (primary N) is 1. The number of hydrogen-bond donors (Lipinski definition) is 1. The second-order valence-corrected chi connectivity index (χ2v) is 4.37. The number of rotatable bonds is 3. The molecule has 1 aromatic rings. The monoisotopic (exact) mass is 234 g/mol. The van der Waals surface area contributed by atoms with E-state index in [1.54, 1.807) is 12.1 Å². The van der Waals surface area contributed by atoms with Gasteiger partial charge in [0.15, 0.2) is 5.69 Å². The van der Waals surface area contributed by atoms with Crippen LogP contribution in [0, 0.1) is 0 Å². The summed E-state index contributed by atoms with van der Waals surface area (Å²) < 4.78 is 0. The Bertz CT molecular complexity index is 384. The highest BCUT2D eigenvalue weighted by atomic mass is 16.2. The second-order valence-electron chi connectivity index (χ2n) is 4.37. The third-order valence-corrected chi connectivity index (χ3v) is 3.27. The first-order chi connectivity index (χ1) is 8.22. The van der Waals surface area contributed by atoms with Crippen molar-refractivity contribution in [3.05, 3.63) is 17.8 Å². The van der Waals surface area contributed by atoms with E-state index in [9.17, 15) is 4.79 Å². The molecule has 5 nitrogen and oxygen atoms in total. The van der Waals surface area contributed by atoms with Gasteiger partial charge in [-0.1, -0.05) is 12.8 Å². The van der Waals surface area contributed by atoms with Crippen molar-refractivity contribution in [1.82, 2.24) is 15.1 Å². The molecule has 0 spiro atoms. The fourth-order valence-electron chi connectivity index (χ4n) is 2.39. The molecule has 2 rings (SSSR count). The Balaban J connectivity index is 2.13. The molecule has 1 aromatic heterocycles. The van der Waals surface area contributed by atoms with Crippen molar-refractivity contribution in [2.24, 2.45) is 0 Å². The summed E-state index contributed by atoms with van der Waals surface area (Å²) in [7, 11) is 0. The van der Waals surface area contributed by atoms with E-state index in [4.69, 9.17) is 5.73 Å². The van der Waals surface area contributed by atoms with E-state index < -0.39 is 0 Å². The summed E-state index contributed by atoms with van der Waals surface area (Å²) in [6.45, 7) is 2.72. The molecule has 2 N–H and O–H groups in total. The van der Waals surface area contributed by atoms with Crippen LogP contribution in [0.5, 0.6) is 0 Å². The molecule has 0 bridgehead atoms. The minimum absolute atomic E-state index is 0.0353. The number of carbonyl (C=O) groups is 1. The summed E-state index contributed by atoms with van der Waals surface area (Å²) in [6, 6.07) is 3.62. The number of hydrogen-bond acceptors (Lipinski definition) is 4. The Hall–Kier alpha value is -1.65. The van der Waals surface area contributed by atoms with Crippen molar-refractivity contribution in [2.45, 2.75) is 38.6 Å². The maximum atomic E-state index is 12.3. The number of carbonyl (C=O) groups excluding carboxylic acids is 1. The maximum absolute atomic E-state index is 12.3. The molecule has 1 aliphatic rings. The SMILES string of the molecule is CCN(C(=O)c1ccc(N)nn1)C1CCCC1. The summed E-state index contributed by atoms with van der Waals surface area (Å²) in [6.07, 6.45) is 4.62. The van der Waals surface area contributed by atoms with Gasteiger partial charge in [-0.25, -0.2) is 0 Å². The Morgan fingerprint density at radius 3 is 2.65 bits per heavy atom. The van der Waals surface area contributed by atoms with Crippen LogP contribution in [0.2, 0.25) is 0 Å². The van der Waals surface area contributed by atoms with Gasteiger partial charge in [0.25, 0.3) is 5.91 Å². The minimum Gasteiger partial charge on any atom is -0.382 e. The second kappa shape index (κ2) is 5.12. The van der Waals surface area contributed by atoms with E-state index in [0.717, 1.165) is 19.4 Å². The molecular formula is C12H18N4O. The number of nitrogen functional groups attached to an aromatic ring is 1. The van der Waals surface area contributed by atoms with Crippen LogP contribution in [-0.4, -0.2) is 33.6 Å². The zero-order chi connectivity index (χ0) is 12.3. The predicted octanol–water partition coefficient (Wildman–Crippen LogP) is 1.46. The fourth-order valence-corrected chi connectivity index (χ4v) is 2.39. The average molecular weight is 234 g/mol. The zero-order valence-corrected chi connectivity index (χ0v) is 10.1. The first-order valence-corrected chi connectivity index (χ1v) is 6.12. The molecule has 0 aliphatic heterocycles. The summed E-state index contributed by atoms with van der Waals surface area (Å²) in [4.78, 5) is 14.2. The van der Waals surface area contributed by atoms with Crippen LogP contribution in [0.4, 0.5) is 5.82 Å². The number of nitrogens with zero attached hydrogens (tertiary/aromatic N) is 3. The lowest BCUT2D eigenvalue weighted by Gasteiger charge is -2.27. The molecule has 1 fully saturated rings. The first-order valence-electron chi connectivity index (χ1n) is 6.12. The van der Waals surface area contributed by atoms with Crippen molar-refractivity contribution in [2.75, 3.05) is 12.3 Å². The summed E-state index contributed by atoms with van der Waals surface area (Å²) >= 11 is 0. The number of anilines is 1. The lowest BCUT2D eigenvalue weighted by atomic mass is 10.2. The van der Waals surface area contributed by atoms with Crippen molar-refractivity contribution >= 4 is 11.7 Å². The van der Waals surface area contributed by atoms with Gasteiger partial charge in [-0.2, -0.15) is 0 Å². The van der Waals surface area contributed by atoms with Gasteiger partial charge in [-0.05, 0) is 31.9 Å². The van der Waals surface area contributed by atoms with Crippen LogP contribution in [0.3, 0.4) is 0 Å². The van der Waals surface area contributed by atoms with Crippen molar-refractivity contribution in [3.63, 3.8) is 0 Å². The quantitative estimate of drug-likeness (QED) is 0.859. The fraction of sp³-hybridized carbons (Fsp3) is 0.583. The summed E-state index contributed by atoms with van der Waals surface area (Å²) in [5.41, 5.74) is 5.84. The molecule has 0 atom stereocenters. The van der Waals surface area contributed by atoms with Gasteiger partial charge >= 0.3 is 0 Å².